The molecule has 2 N–H and O–H groups in total. The third-order valence-electron chi connectivity index (χ3n) is 2.53. The van der Waals surface area contributed by atoms with Crippen LogP contribution in [0.15, 0.2) is 0 Å². The molecule has 0 spiro atoms. The van der Waals surface area contributed by atoms with Gasteiger partial charge in [-0.15, -0.1) is 0 Å². The van der Waals surface area contributed by atoms with Crippen molar-refractivity contribution < 1.29 is 33.3 Å². The fraction of sp³-hybridized carbons (Fsp3) is 0.889. The molecule has 4 atom stereocenters. The largest absolute Gasteiger partial charge is 0.382 e. The van der Waals surface area contributed by atoms with Crippen molar-refractivity contribution >= 4 is 32.7 Å². The van der Waals surface area contributed by atoms with E-state index in [0.717, 1.165) is 0 Å². The lowest BCUT2D eigenvalue weighted by atomic mass is 9.92. The van der Waals surface area contributed by atoms with Gasteiger partial charge in [0.15, 0.2) is 0 Å². The van der Waals surface area contributed by atoms with Crippen LogP contribution in [0.2, 0.25) is 0 Å². The van der Waals surface area contributed by atoms with E-state index in [2.05, 4.69) is 11.8 Å². The van der Waals surface area contributed by atoms with Crippen molar-refractivity contribution in [2.24, 2.45) is 0 Å². The summed E-state index contributed by atoms with van der Waals surface area (Å²) in [5, 5.41) is 0. The number of carbonyl (C=O) groups excluding carboxylic acids is 1. The Labute approximate surface area is 117 Å². The zero-order valence-corrected chi connectivity index (χ0v) is 12.1. The Morgan fingerprint density at radius 2 is 2.11 bits per heavy atom. The summed E-state index contributed by atoms with van der Waals surface area (Å²) < 4.78 is 20.5. The minimum atomic E-state index is -3.91. The van der Waals surface area contributed by atoms with Crippen LogP contribution >= 0.6 is 6.72 Å². The highest BCUT2D eigenvalue weighted by Crippen LogP contribution is 2.43. The number of hydrogen-bond acceptors (Lipinski definition) is 6. The fourth-order valence-corrected chi connectivity index (χ4v) is 2.65. The SMILES string of the molecule is [B][C@@H]1O[C@H](CC=O)C(OP(O)(O)=S)[C@@H]1OCCOC. The maximum absolute atomic E-state index is 10.6. The molecule has 2 radical (unpaired) electrons. The van der Waals surface area contributed by atoms with Gasteiger partial charge in [0, 0.05) is 19.5 Å². The van der Waals surface area contributed by atoms with Gasteiger partial charge < -0.3 is 28.8 Å². The topological polar surface area (TPSA) is 94.5 Å². The molecule has 1 heterocycles. The molecule has 0 saturated carbocycles. The number of methoxy groups -OCH3 is 1. The molecule has 1 saturated heterocycles. The summed E-state index contributed by atoms with van der Waals surface area (Å²) in [7, 11) is 7.23. The molecule has 1 unspecified atom stereocenters. The zero-order valence-electron chi connectivity index (χ0n) is 10.4. The molecule has 0 aromatic rings. The molecule has 0 aromatic carbocycles. The van der Waals surface area contributed by atoms with Crippen molar-refractivity contribution in [1.82, 2.24) is 0 Å². The predicted octanol–water partition coefficient (Wildman–Crippen LogP) is -0.905. The first-order chi connectivity index (χ1) is 8.89. The molecule has 0 aliphatic carbocycles. The average molecular weight is 310 g/mol. The quantitative estimate of drug-likeness (QED) is 0.258. The monoisotopic (exact) mass is 310 g/mol. The smallest absolute Gasteiger partial charge is 0.322 e. The molecule has 10 heteroatoms. The molecule has 0 amide bonds. The maximum Gasteiger partial charge on any atom is 0.322 e. The van der Waals surface area contributed by atoms with Crippen molar-refractivity contribution in [1.29, 1.82) is 0 Å². The lowest BCUT2D eigenvalue weighted by Gasteiger charge is -2.25. The summed E-state index contributed by atoms with van der Waals surface area (Å²) in [5.74, 6) is 0. The summed E-state index contributed by atoms with van der Waals surface area (Å²) >= 11 is 4.42. The van der Waals surface area contributed by atoms with Gasteiger partial charge >= 0.3 is 6.72 Å². The van der Waals surface area contributed by atoms with Crippen molar-refractivity contribution in [3.8, 4) is 0 Å². The Kier molecular flexibility index (Phi) is 7.06. The molecule has 1 rings (SSSR count). The standard InChI is InChI=1S/C9H16BO7PS/c1-14-4-5-15-8-7(17-18(12,13)19)6(2-3-11)16-9(8)10/h3,6-9H,2,4-5H2,1H3,(H2,12,13,19)/t6-,7?,8+,9-/m1/s1. The molecule has 1 aliphatic rings. The Hall–Kier alpha value is 0.145. The van der Waals surface area contributed by atoms with Gasteiger partial charge in [0.25, 0.3) is 0 Å². The Morgan fingerprint density at radius 1 is 1.42 bits per heavy atom. The van der Waals surface area contributed by atoms with Gasteiger partial charge in [0.05, 0.1) is 19.3 Å². The van der Waals surface area contributed by atoms with Crippen molar-refractivity contribution in [3.63, 3.8) is 0 Å². The second-order valence-electron chi connectivity index (χ2n) is 3.93. The van der Waals surface area contributed by atoms with Gasteiger partial charge in [-0.05, 0) is 11.8 Å². The third-order valence-corrected chi connectivity index (χ3v) is 3.31. The summed E-state index contributed by atoms with van der Waals surface area (Å²) in [5.41, 5.74) is 0. The lowest BCUT2D eigenvalue weighted by molar-refractivity contribution is -0.111. The van der Waals surface area contributed by atoms with Gasteiger partial charge in [-0.25, -0.2) is 0 Å². The van der Waals surface area contributed by atoms with Gasteiger partial charge in [0.1, 0.15) is 26.3 Å². The minimum Gasteiger partial charge on any atom is -0.382 e. The van der Waals surface area contributed by atoms with E-state index in [1.807, 2.05) is 0 Å². The molecule has 108 valence electrons. The van der Waals surface area contributed by atoms with Crippen LogP contribution in [-0.4, -0.2) is 68.6 Å². The van der Waals surface area contributed by atoms with Crippen LogP contribution in [0.3, 0.4) is 0 Å². The van der Waals surface area contributed by atoms with E-state index < -0.39 is 31.0 Å². The summed E-state index contributed by atoms with van der Waals surface area (Å²) in [6.45, 7) is -3.35. The Balaban J connectivity index is 2.72. The number of carbonyl (C=O) groups is 1. The molecule has 0 aromatic heterocycles. The van der Waals surface area contributed by atoms with E-state index in [-0.39, 0.29) is 13.0 Å². The third kappa shape index (κ3) is 5.57. The van der Waals surface area contributed by atoms with Gasteiger partial charge in [-0.3, -0.25) is 4.52 Å². The van der Waals surface area contributed by atoms with Crippen LogP contribution in [0.25, 0.3) is 0 Å². The van der Waals surface area contributed by atoms with Crippen LogP contribution in [-0.2, 0) is 35.3 Å². The summed E-state index contributed by atoms with van der Waals surface area (Å²) in [6.07, 6.45) is -1.75. The number of aldehydes is 1. The van der Waals surface area contributed by atoms with Gasteiger partial charge in [-0.2, -0.15) is 0 Å². The van der Waals surface area contributed by atoms with Gasteiger partial charge in [0.2, 0.25) is 0 Å². The van der Waals surface area contributed by atoms with Crippen molar-refractivity contribution in [2.45, 2.75) is 30.7 Å². The highest BCUT2D eigenvalue weighted by molar-refractivity contribution is 8.06. The molecule has 0 bridgehead atoms. The van der Waals surface area contributed by atoms with Gasteiger partial charge in [-0.1, -0.05) is 0 Å². The van der Waals surface area contributed by atoms with E-state index in [4.69, 9.17) is 26.6 Å². The highest BCUT2D eigenvalue weighted by Gasteiger charge is 2.45. The van der Waals surface area contributed by atoms with E-state index in [9.17, 15) is 14.6 Å². The number of hydrogen-bond donors (Lipinski definition) is 2. The zero-order chi connectivity index (χ0) is 14.5. The normalized spacial score (nSPS) is 31.5. The van der Waals surface area contributed by atoms with Crippen molar-refractivity contribution in [3.05, 3.63) is 0 Å². The number of rotatable bonds is 8. The first-order valence-electron chi connectivity index (χ1n) is 5.58. The molecular weight excluding hydrogens is 294 g/mol. The Bertz CT molecular complexity index is 339. The second kappa shape index (κ2) is 7.80. The van der Waals surface area contributed by atoms with Crippen LogP contribution < -0.4 is 0 Å². The maximum atomic E-state index is 10.6. The Morgan fingerprint density at radius 3 is 2.63 bits per heavy atom. The molecular formula is C9H16BO7PS. The predicted molar refractivity (Wildman–Crippen MR) is 70.3 cm³/mol. The molecule has 19 heavy (non-hydrogen) atoms. The van der Waals surface area contributed by atoms with E-state index in [0.29, 0.717) is 12.9 Å². The number of ether oxygens (including phenoxy) is 3. The lowest BCUT2D eigenvalue weighted by Crippen LogP contribution is -2.38. The van der Waals surface area contributed by atoms with Crippen molar-refractivity contribution in [2.75, 3.05) is 20.3 Å². The first kappa shape index (κ1) is 17.2. The van der Waals surface area contributed by atoms with Crippen LogP contribution in [0.4, 0.5) is 0 Å². The first-order valence-corrected chi connectivity index (χ1v) is 8.20. The van der Waals surface area contributed by atoms with Crippen LogP contribution in [0.5, 0.6) is 0 Å². The van der Waals surface area contributed by atoms with E-state index in [1.165, 1.54) is 7.11 Å². The van der Waals surface area contributed by atoms with Crippen LogP contribution in [0.1, 0.15) is 6.42 Å². The van der Waals surface area contributed by atoms with E-state index >= 15 is 0 Å². The second-order valence-corrected chi connectivity index (χ2v) is 6.55. The fourth-order valence-electron chi connectivity index (χ4n) is 1.78. The average Bonchev–Trinajstić information content (AvgIpc) is 2.56. The summed E-state index contributed by atoms with van der Waals surface area (Å²) in [4.78, 5) is 29.0. The summed E-state index contributed by atoms with van der Waals surface area (Å²) in [6, 6.07) is -0.839. The molecule has 7 nitrogen and oxygen atoms in total. The highest BCUT2D eigenvalue weighted by atomic mass is 32.5. The van der Waals surface area contributed by atoms with E-state index in [1.54, 1.807) is 0 Å². The molecule has 1 aliphatic heterocycles. The van der Waals surface area contributed by atoms with Crippen LogP contribution in [0, 0.1) is 0 Å². The minimum absolute atomic E-state index is 0.00215. The molecule has 1 fully saturated rings.